The number of nitriles is 1. The lowest BCUT2D eigenvalue weighted by Crippen LogP contribution is -2.31. The third-order valence-corrected chi connectivity index (χ3v) is 2.68. The van der Waals surface area contributed by atoms with Gasteiger partial charge in [-0.1, -0.05) is 0 Å². The van der Waals surface area contributed by atoms with Crippen LogP contribution < -0.4 is 0 Å². The first kappa shape index (κ1) is 7.35. The Bertz CT molecular complexity index is 328. The number of nitrogens with zero attached hydrogens (tertiary/aromatic N) is 3. The predicted octanol–water partition coefficient (Wildman–Crippen LogP) is 1.37. The molecule has 0 saturated heterocycles. The zero-order valence-electron chi connectivity index (χ0n) is 7.12. The molecule has 3 nitrogen and oxygen atoms in total. The Balaban J connectivity index is 2.35. The van der Waals surface area contributed by atoms with Crippen LogP contribution in [0.1, 0.15) is 24.8 Å². The van der Waals surface area contributed by atoms with Gasteiger partial charge < -0.3 is 0 Å². The first-order chi connectivity index (χ1) is 5.77. The number of hydrogen-bond acceptors (Lipinski definition) is 2. The summed E-state index contributed by atoms with van der Waals surface area (Å²) in [7, 11) is 1.88. The Morgan fingerprint density at radius 3 is 2.75 bits per heavy atom. The second kappa shape index (κ2) is 2.34. The molecule has 1 aliphatic carbocycles. The molecule has 62 valence electrons. The van der Waals surface area contributed by atoms with Gasteiger partial charge >= 0.3 is 0 Å². The maximum Gasteiger partial charge on any atom is 0.0852 e. The zero-order chi connectivity index (χ0) is 8.60. The molecule has 0 amide bonds. The summed E-state index contributed by atoms with van der Waals surface area (Å²) in [5, 5.41) is 13.1. The fourth-order valence-electron chi connectivity index (χ4n) is 1.66. The fourth-order valence-corrected chi connectivity index (χ4v) is 1.66. The van der Waals surface area contributed by atoms with Crippen molar-refractivity contribution in [1.29, 1.82) is 5.26 Å². The van der Waals surface area contributed by atoms with Gasteiger partial charge in [-0.2, -0.15) is 10.4 Å². The highest BCUT2D eigenvalue weighted by Crippen LogP contribution is 2.42. The summed E-state index contributed by atoms with van der Waals surface area (Å²) < 4.78 is 1.76. The highest BCUT2D eigenvalue weighted by Gasteiger charge is 2.39. The van der Waals surface area contributed by atoms with E-state index in [1.807, 2.05) is 19.4 Å². The molecule has 0 unspecified atom stereocenters. The molecule has 0 aliphatic heterocycles. The van der Waals surface area contributed by atoms with Crippen molar-refractivity contribution in [2.75, 3.05) is 0 Å². The molecule has 0 bridgehead atoms. The Morgan fingerprint density at radius 2 is 2.42 bits per heavy atom. The summed E-state index contributed by atoms with van der Waals surface area (Å²) in [5.74, 6) is 0. The van der Waals surface area contributed by atoms with Crippen molar-refractivity contribution in [2.45, 2.75) is 24.7 Å². The van der Waals surface area contributed by atoms with Crippen LogP contribution in [-0.2, 0) is 12.5 Å². The molecular formula is C9H11N3. The second-order valence-corrected chi connectivity index (χ2v) is 3.45. The van der Waals surface area contributed by atoms with E-state index in [-0.39, 0.29) is 5.41 Å². The quantitative estimate of drug-likeness (QED) is 0.624. The SMILES string of the molecule is Cn1cc(C2(C#N)CCC2)cn1. The molecule has 0 aromatic carbocycles. The Morgan fingerprint density at radius 1 is 1.67 bits per heavy atom. The first-order valence-corrected chi connectivity index (χ1v) is 4.17. The summed E-state index contributed by atoms with van der Waals surface area (Å²) in [6.45, 7) is 0. The van der Waals surface area contributed by atoms with Gasteiger partial charge in [0.05, 0.1) is 17.7 Å². The lowest BCUT2D eigenvalue weighted by atomic mass is 9.66. The minimum absolute atomic E-state index is 0.200. The summed E-state index contributed by atoms with van der Waals surface area (Å²) in [6, 6.07) is 2.39. The van der Waals surface area contributed by atoms with Crippen LogP contribution >= 0.6 is 0 Å². The molecule has 1 heterocycles. The molecule has 0 radical (unpaired) electrons. The summed E-state index contributed by atoms with van der Waals surface area (Å²) in [4.78, 5) is 0. The summed E-state index contributed by atoms with van der Waals surface area (Å²) in [6.07, 6.45) is 6.91. The monoisotopic (exact) mass is 161 g/mol. The van der Waals surface area contributed by atoms with E-state index < -0.39 is 0 Å². The highest BCUT2D eigenvalue weighted by molar-refractivity contribution is 5.31. The van der Waals surface area contributed by atoms with E-state index in [2.05, 4.69) is 11.2 Å². The number of rotatable bonds is 1. The van der Waals surface area contributed by atoms with Crippen molar-refractivity contribution in [3.05, 3.63) is 18.0 Å². The van der Waals surface area contributed by atoms with Crippen molar-refractivity contribution in [2.24, 2.45) is 7.05 Å². The highest BCUT2D eigenvalue weighted by atomic mass is 15.2. The van der Waals surface area contributed by atoms with E-state index in [0.717, 1.165) is 18.4 Å². The Hall–Kier alpha value is -1.30. The van der Waals surface area contributed by atoms with Crippen LogP contribution in [0.15, 0.2) is 12.4 Å². The molecule has 1 aromatic heterocycles. The van der Waals surface area contributed by atoms with Crippen LogP contribution in [0.2, 0.25) is 0 Å². The molecule has 1 fully saturated rings. The van der Waals surface area contributed by atoms with E-state index in [0.29, 0.717) is 0 Å². The van der Waals surface area contributed by atoms with Crippen LogP contribution in [0.25, 0.3) is 0 Å². The molecule has 1 aromatic rings. The average Bonchev–Trinajstić information content (AvgIpc) is 2.35. The molecular weight excluding hydrogens is 150 g/mol. The minimum atomic E-state index is -0.200. The van der Waals surface area contributed by atoms with Crippen LogP contribution in [0.5, 0.6) is 0 Å². The lowest BCUT2D eigenvalue weighted by molar-refractivity contribution is 0.324. The molecule has 2 rings (SSSR count). The van der Waals surface area contributed by atoms with Gasteiger partial charge in [0, 0.05) is 18.8 Å². The van der Waals surface area contributed by atoms with Crippen LogP contribution in [-0.4, -0.2) is 9.78 Å². The second-order valence-electron chi connectivity index (χ2n) is 3.45. The Labute approximate surface area is 71.6 Å². The van der Waals surface area contributed by atoms with Gasteiger partial charge in [-0.3, -0.25) is 4.68 Å². The van der Waals surface area contributed by atoms with Gasteiger partial charge in [0.2, 0.25) is 0 Å². The van der Waals surface area contributed by atoms with E-state index >= 15 is 0 Å². The van der Waals surface area contributed by atoms with Crippen molar-refractivity contribution in [3.63, 3.8) is 0 Å². The van der Waals surface area contributed by atoms with E-state index in [4.69, 9.17) is 5.26 Å². The van der Waals surface area contributed by atoms with Gasteiger partial charge in [0.1, 0.15) is 0 Å². The first-order valence-electron chi connectivity index (χ1n) is 4.17. The lowest BCUT2D eigenvalue weighted by Gasteiger charge is -2.34. The molecule has 0 spiro atoms. The van der Waals surface area contributed by atoms with Gasteiger partial charge in [-0.05, 0) is 19.3 Å². The maximum atomic E-state index is 9.01. The van der Waals surface area contributed by atoms with Gasteiger partial charge in [-0.15, -0.1) is 0 Å². The van der Waals surface area contributed by atoms with Crippen molar-refractivity contribution >= 4 is 0 Å². The normalized spacial score (nSPS) is 19.7. The third-order valence-electron chi connectivity index (χ3n) is 2.68. The average molecular weight is 161 g/mol. The molecule has 12 heavy (non-hydrogen) atoms. The Kier molecular flexibility index (Phi) is 1.44. The summed E-state index contributed by atoms with van der Waals surface area (Å²) in [5.41, 5.74) is 0.882. The predicted molar refractivity (Wildman–Crippen MR) is 44.4 cm³/mol. The topological polar surface area (TPSA) is 41.6 Å². The van der Waals surface area contributed by atoms with Crippen LogP contribution in [0, 0.1) is 11.3 Å². The van der Waals surface area contributed by atoms with E-state index in [1.54, 1.807) is 4.68 Å². The largest absolute Gasteiger partial charge is 0.275 e. The van der Waals surface area contributed by atoms with E-state index in [9.17, 15) is 0 Å². The molecule has 0 N–H and O–H groups in total. The number of aromatic nitrogens is 2. The number of hydrogen-bond donors (Lipinski definition) is 0. The molecule has 3 heteroatoms. The van der Waals surface area contributed by atoms with Gasteiger partial charge in [-0.25, -0.2) is 0 Å². The minimum Gasteiger partial charge on any atom is -0.275 e. The van der Waals surface area contributed by atoms with Crippen molar-refractivity contribution < 1.29 is 0 Å². The maximum absolute atomic E-state index is 9.01. The number of aryl methyl sites for hydroxylation is 1. The van der Waals surface area contributed by atoms with Crippen molar-refractivity contribution in [3.8, 4) is 6.07 Å². The summed E-state index contributed by atoms with van der Waals surface area (Å²) >= 11 is 0. The fraction of sp³-hybridized carbons (Fsp3) is 0.556. The van der Waals surface area contributed by atoms with E-state index in [1.165, 1.54) is 6.42 Å². The van der Waals surface area contributed by atoms with Gasteiger partial charge in [0.25, 0.3) is 0 Å². The van der Waals surface area contributed by atoms with Gasteiger partial charge in [0.15, 0.2) is 0 Å². The third kappa shape index (κ3) is 0.845. The molecule has 0 atom stereocenters. The van der Waals surface area contributed by atoms with Crippen LogP contribution in [0.3, 0.4) is 0 Å². The standard InChI is InChI=1S/C9H11N3/c1-12-6-8(5-11-12)9(7-10)3-2-4-9/h5-6H,2-4H2,1H3. The van der Waals surface area contributed by atoms with Crippen LogP contribution in [0.4, 0.5) is 0 Å². The molecule has 1 aliphatic rings. The van der Waals surface area contributed by atoms with Crippen molar-refractivity contribution in [1.82, 2.24) is 9.78 Å². The molecule has 1 saturated carbocycles. The zero-order valence-corrected chi connectivity index (χ0v) is 7.12. The smallest absolute Gasteiger partial charge is 0.0852 e.